The molecule has 2 aromatic heterocycles. The highest BCUT2D eigenvalue weighted by Crippen LogP contribution is 2.36. The molecule has 11 heteroatoms. The molecule has 0 aliphatic rings. The zero-order valence-electron chi connectivity index (χ0n) is 16.0. The number of benzene rings is 2. The van der Waals surface area contributed by atoms with Crippen LogP contribution in [0.3, 0.4) is 0 Å². The fraction of sp³-hybridized carbons (Fsp3) is 0.0500. The summed E-state index contributed by atoms with van der Waals surface area (Å²) < 4.78 is 36.4. The molecule has 2 aromatic carbocycles. The number of thiazole rings is 1. The Kier molecular flexibility index (Phi) is 5.94. The van der Waals surface area contributed by atoms with Gasteiger partial charge in [0.05, 0.1) is 16.2 Å². The van der Waals surface area contributed by atoms with Crippen molar-refractivity contribution in [2.24, 2.45) is 7.05 Å². The van der Waals surface area contributed by atoms with Crippen LogP contribution >= 0.6 is 33.9 Å². The zero-order valence-corrected chi connectivity index (χ0v) is 19.8. The van der Waals surface area contributed by atoms with Gasteiger partial charge in [0.25, 0.3) is 10.0 Å². The molecule has 0 fully saturated rings. The minimum Gasteiger partial charge on any atom is -0.455 e. The van der Waals surface area contributed by atoms with E-state index in [2.05, 4.69) is 37.4 Å². The van der Waals surface area contributed by atoms with Gasteiger partial charge in [-0.2, -0.15) is 10.4 Å². The molecule has 0 bridgehead atoms. The van der Waals surface area contributed by atoms with Crippen LogP contribution in [-0.2, 0) is 17.1 Å². The molecule has 1 N–H and O–H groups in total. The van der Waals surface area contributed by atoms with Crippen molar-refractivity contribution in [2.75, 3.05) is 4.72 Å². The van der Waals surface area contributed by atoms with Gasteiger partial charge in [0.2, 0.25) is 0 Å². The molecule has 2 heterocycles. The van der Waals surface area contributed by atoms with Crippen LogP contribution in [0.25, 0.3) is 11.3 Å². The first-order valence-electron chi connectivity index (χ1n) is 8.79. The summed E-state index contributed by atoms with van der Waals surface area (Å²) in [7, 11) is -2.06. The Morgan fingerprint density at radius 1 is 1.16 bits per heavy atom. The van der Waals surface area contributed by atoms with E-state index >= 15 is 0 Å². The maximum absolute atomic E-state index is 12.6. The van der Waals surface area contributed by atoms with E-state index in [1.54, 1.807) is 16.3 Å². The summed E-state index contributed by atoms with van der Waals surface area (Å²) >= 11 is 3.34. The predicted molar refractivity (Wildman–Crippen MR) is 126 cm³/mol. The van der Waals surface area contributed by atoms with E-state index in [1.807, 2.05) is 37.4 Å². The minimum absolute atomic E-state index is 0.0545. The molecule has 8 nitrogen and oxygen atoms in total. The van der Waals surface area contributed by atoms with Crippen molar-refractivity contribution in [3.8, 4) is 28.8 Å². The normalized spacial score (nSPS) is 11.1. The zero-order chi connectivity index (χ0) is 22.0. The third-order valence-corrected chi connectivity index (χ3v) is 7.12. The summed E-state index contributed by atoms with van der Waals surface area (Å²) in [5, 5.41) is 15.7. The Balaban J connectivity index is 1.70. The lowest BCUT2D eigenvalue weighted by Gasteiger charge is -2.14. The molecule has 31 heavy (non-hydrogen) atoms. The molecule has 0 saturated heterocycles. The van der Waals surface area contributed by atoms with Crippen molar-refractivity contribution in [3.05, 3.63) is 69.4 Å². The van der Waals surface area contributed by atoms with E-state index in [1.165, 1.54) is 24.4 Å². The van der Waals surface area contributed by atoms with Gasteiger partial charge < -0.3 is 4.74 Å². The summed E-state index contributed by atoms with van der Waals surface area (Å²) in [6, 6.07) is 13.7. The number of hydrogen-bond acceptors (Lipinski definition) is 7. The number of aromatic nitrogens is 3. The first-order chi connectivity index (χ1) is 14.9. The van der Waals surface area contributed by atoms with Crippen LogP contribution in [-0.4, -0.2) is 23.2 Å². The molecule has 0 spiro atoms. The monoisotopic (exact) mass is 563 g/mol. The maximum atomic E-state index is 12.6. The SMILES string of the molecule is Cn1nccc1-c1ccc(I)cc1Oc1ccc(S(=O)(=O)Nc2nccs2)cc1C#N. The molecule has 0 atom stereocenters. The van der Waals surface area contributed by atoms with Gasteiger partial charge in [-0.3, -0.25) is 9.40 Å². The second-order valence-electron chi connectivity index (χ2n) is 6.30. The van der Waals surface area contributed by atoms with Crippen molar-refractivity contribution >= 4 is 49.1 Å². The third-order valence-electron chi connectivity index (χ3n) is 4.30. The van der Waals surface area contributed by atoms with Gasteiger partial charge in [0.15, 0.2) is 5.13 Å². The average molecular weight is 563 g/mol. The van der Waals surface area contributed by atoms with E-state index in [0.29, 0.717) is 5.75 Å². The molecule has 4 aromatic rings. The molecular weight excluding hydrogens is 549 g/mol. The summed E-state index contributed by atoms with van der Waals surface area (Å²) in [5.74, 6) is 0.782. The number of nitrogens with one attached hydrogen (secondary N) is 1. The van der Waals surface area contributed by atoms with Crippen LogP contribution in [0.5, 0.6) is 11.5 Å². The van der Waals surface area contributed by atoms with Crippen molar-refractivity contribution < 1.29 is 13.2 Å². The Morgan fingerprint density at radius 2 is 2.00 bits per heavy atom. The quantitative estimate of drug-likeness (QED) is 0.343. The number of hydrogen-bond donors (Lipinski definition) is 1. The van der Waals surface area contributed by atoms with Crippen molar-refractivity contribution in [1.29, 1.82) is 5.26 Å². The van der Waals surface area contributed by atoms with E-state index in [4.69, 9.17) is 4.74 Å². The van der Waals surface area contributed by atoms with Crippen molar-refractivity contribution in [1.82, 2.24) is 14.8 Å². The largest absolute Gasteiger partial charge is 0.455 e. The Labute approximate surface area is 196 Å². The van der Waals surface area contributed by atoms with E-state index in [9.17, 15) is 13.7 Å². The standard InChI is InChI=1S/C20H14IN5O3S2/c1-26-17(6-7-24-26)16-4-2-14(21)11-19(16)29-18-5-3-15(10-13(18)12-22)31(27,28)25-20-23-8-9-30-20/h2-11H,1H3,(H,23,25). The molecule has 0 saturated carbocycles. The average Bonchev–Trinajstić information content (AvgIpc) is 3.40. The molecule has 0 aliphatic carbocycles. The molecule has 0 aliphatic heterocycles. The number of nitriles is 1. The number of nitrogens with zero attached hydrogens (tertiary/aromatic N) is 4. The van der Waals surface area contributed by atoms with Crippen LogP contribution in [0.4, 0.5) is 5.13 Å². The lowest BCUT2D eigenvalue weighted by molar-refractivity contribution is 0.481. The van der Waals surface area contributed by atoms with Gasteiger partial charge >= 0.3 is 0 Å². The van der Waals surface area contributed by atoms with Gasteiger partial charge in [-0.25, -0.2) is 13.4 Å². The first kappa shape index (κ1) is 21.3. The molecule has 0 amide bonds. The number of ether oxygens (including phenoxy) is 1. The van der Waals surface area contributed by atoms with Gasteiger partial charge in [-0.05, 0) is 65.1 Å². The number of aryl methyl sites for hydroxylation is 1. The first-order valence-corrected chi connectivity index (χ1v) is 12.2. The second kappa shape index (κ2) is 8.66. The Morgan fingerprint density at radius 3 is 2.68 bits per heavy atom. The van der Waals surface area contributed by atoms with Crippen LogP contribution in [0.1, 0.15) is 5.56 Å². The maximum Gasteiger partial charge on any atom is 0.263 e. The predicted octanol–water partition coefficient (Wildman–Crippen LogP) is 4.61. The molecular formula is C20H14IN5O3S2. The summed E-state index contributed by atoms with van der Waals surface area (Å²) in [5.41, 5.74) is 1.74. The topological polar surface area (TPSA) is 110 Å². The minimum atomic E-state index is -3.88. The Hall–Kier alpha value is -2.95. The highest BCUT2D eigenvalue weighted by atomic mass is 127. The second-order valence-corrected chi connectivity index (χ2v) is 10.1. The molecule has 4 rings (SSSR count). The van der Waals surface area contributed by atoms with Crippen LogP contribution in [0.2, 0.25) is 0 Å². The number of rotatable bonds is 6. The third kappa shape index (κ3) is 4.55. The smallest absolute Gasteiger partial charge is 0.263 e. The summed E-state index contributed by atoms with van der Waals surface area (Å²) in [6.07, 6.45) is 3.19. The molecule has 156 valence electrons. The van der Waals surface area contributed by atoms with Gasteiger partial charge in [-0.1, -0.05) is 0 Å². The van der Waals surface area contributed by atoms with E-state index < -0.39 is 10.0 Å². The van der Waals surface area contributed by atoms with Gasteiger partial charge in [0.1, 0.15) is 17.6 Å². The Bertz CT molecular complexity index is 1390. The molecule has 0 unspecified atom stereocenters. The van der Waals surface area contributed by atoms with E-state index in [0.717, 1.165) is 26.2 Å². The summed E-state index contributed by atoms with van der Waals surface area (Å²) in [6.45, 7) is 0. The molecule has 0 radical (unpaired) electrons. The number of anilines is 1. The van der Waals surface area contributed by atoms with Crippen molar-refractivity contribution in [3.63, 3.8) is 0 Å². The van der Waals surface area contributed by atoms with Crippen LogP contribution in [0.15, 0.2) is 65.1 Å². The highest BCUT2D eigenvalue weighted by molar-refractivity contribution is 14.1. The van der Waals surface area contributed by atoms with Gasteiger partial charge in [0, 0.05) is 34.0 Å². The number of halogens is 1. The van der Waals surface area contributed by atoms with Crippen LogP contribution in [0, 0.1) is 14.9 Å². The number of sulfonamides is 1. The van der Waals surface area contributed by atoms with E-state index in [-0.39, 0.29) is 21.3 Å². The lowest BCUT2D eigenvalue weighted by atomic mass is 10.1. The summed E-state index contributed by atoms with van der Waals surface area (Å²) in [4.78, 5) is 3.87. The van der Waals surface area contributed by atoms with Crippen LogP contribution < -0.4 is 9.46 Å². The highest BCUT2D eigenvalue weighted by Gasteiger charge is 2.19. The fourth-order valence-corrected chi connectivity index (χ4v) is 5.13. The van der Waals surface area contributed by atoms with Gasteiger partial charge in [-0.15, -0.1) is 11.3 Å². The van der Waals surface area contributed by atoms with Crippen molar-refractivity contribution in [2.45, 2.75) is 4.90 Å². The fourth-order valence-electron chi connectivity index (χ4n) is 2.85. The lowest BCUT2D eigenvalue weighted by Crippen LogP contribution is -2.13.